The van der Waals surface area contributed by atoms with Gasteiger partial charge >= 0.3 is 0 Å². The van der Waals surface area contributed by atoms with Crippen LogP contribution in [-0.4, -0.2) is 43.2 Å². The molecule has 3 heterocycles. The van der Waals surface area contributed by atoms with E-state index in [4.69, 9.17) is 0 Å². The first kappa shape index (κ1) is 16.7. The normalized spacial score (nSPS) is 18.1. The SMILES string of the molecule is Cc1cc(C)n([C@@H]2CCCN(C(=O)CCCn3ccnc3C)C2)n1. The predicted molar refractivity (Wildman–Crippen MR) is 92.8 cm³/mol. The van der Waals surface area contributed by atoms with Gasteiger partial charge in [-0.05, 0) is 46.1 Å². The van der Waals surface area contributed by atoms with Gasteiger partial charge in [0.2, 0.25) is 5.91 Å². The number of piperidine rings is 1. The maximum absolute atomic E-state index is 12.5. The van der Waals surface area contributed by atoms with Gasteiger partial charge < -0.3 is 9.47 Å². The van der Waals surface area contributed by atoms with E-state index in [9.17, 15) is 4.79 Å². The molecule has 0 aromatic carbocycles. The standard InChI is InChI=1S/C18H27N5O/c1-14-12-15(2)23(20-14)17-6-4-10-22(13-17)18(24)7-5-9-21-11-8-19-16(21)3/h8,11-12,17H,4-7,9-10,13H2,1-3H3/t17-/m1/s1. The minimum absolute atomic E-state index is 0.263. The molecule has 1 fully saturated rings. The third-order valence-electron chi connectivity index (χ3n) is 4.85. The lowest BCUT2D eigenvalue weighted by molar-refractivity contribution is -0.133. The molecule has 0 unspecified atom stereocenters. The van der Waals surface area contributed by atoms with Crippen molar-refractivity contribution in [3.8, 4) is 0 Å². The maximum atomic E-state index is 12.5. The average molecular weight is 329 g/mol. The van der Waals surface area contributed by atoms with Crippen LogP contribution in [0.3, 0.4) is 0 Å². The van der Waals surface area contributed by atoms with Crippen LogP contribution in [0.5, 0.6) is 0 Å². The number of aryl methyl sites for hydroxylation is 4. The molecule has 0 bridgehead atoms. The zero-order valence-corrected chi connectivity index (χ0v) is 14.9. The molecule has 1 aliphatic rings. The smallest absolute Gasteiger partial charge is 0.222 e. The fraction of sp³-hybridized carbons (Fsp3) is 0.611. The van der Waals surface area contributed by atoms with Crippen LogP contribution >= 0.6 is 0 Å². The first-order valence-corrected chi connectivity index (χ1v) is 8.83. The van der Waals surface area contributed by atoms with Gasteiger partial charge in [-0.3, -0.25) is 9.48 Å². The highest BCUT2D eigenvalue weighted by molar-refractivity contribution is 5.76. The van der Waals surface area contributed by atoms with Crippen molar-refractivity contribution >= 4 is 5.91 Å². The monoisotopic (exact) mass is 329 g/mol. The number of nitrogens with zero attached hydrogens (tertiary/aromatic N) is 5. The summed E-state index contributed by atoms with van der Waals surface area (Å²) < 4.78 is 4.20. The Balaban J connectivity index is 1.53. The molecular formula is C18H27N5O. The highest BCUT2D eigenvalue weighted by Crippen LogP contribution is 2.23. The quantitative estimate of drug-likeness (QED) is 0.847. The molecule has 1 amide bonds. The molecule has 2 aromatic heterocycles. The highest BCUT2D eigenvalue weighted by Gasteiger charge is 2.25. The first-order valence-electron chi connectivity index (χ1n) is 8.83. The van der Waals surface area contributed by atoms with Crippen LogP contribution in [0.4, 0.5) is 0 Å². The van der Waals surface area contributed by atoms with Gasteiger partial charge in [0.05, 0.1) is 11.7 Å². The van der Waals surface area contributed by atoms with Crippen LogP contribution in [0.1, 0.15) is 48.9 Å². The van der Waals surface area contributed by atoms with Crippen molar-refractivity contribution < 1.29 is 4.79 Å². The third kappa shape index (κ3) is 3.68. The van der Waals surface area contributed by atoms with Gasteiger partial charge in [-0.2, -0.15) is 5.10 Å². The molecule has 0 saturated carbocycles. The van der Waals surface area contributed by atoms with E-state index >= 15 is 0 Å². The number of rotatable bonds is 5. The number of carbonyl (C=O) groups is 1. The maximum Gasteiger partial charge on any atom is 0.222 e. The number of likely N-dealkylation sites (tertiary alicyclic amines) is 1. The molecule has 0 radical (unpaired) electrons. The molecule has 2 aromatic rings. The van der Waals surface area contributed by atoms with Crippen LogP contribution in [0.15, 0.2) is 18.5 Å². The van der Waals surface area contributed by atoms with E-state index in [0.29, 0.717) is 12.5 Å². The third-order valence-corrected chi connectivity index (χ3v) is 4.85. The molecule has 1 atom stereocenters. The Labute approximate surface area is 143 Å². The lowest BCUT2D eigenvalue weighted by atomic mass is 10.0. The summed E-state index contributed by atoms with van der Waals surface area (Å²) >= 11 is 0. The van der Waals surface area contributed by atoms with Crippen LogP contribution in [-0.2, 0) is 11.3 Å². The van der Waals surface area contributed by atoms with E-state index in [1.54, 1.807) is 6.20 Å². The van der Waals surface area contributed by atoms with Crippen LogP contribution in [0.2, 0.25) is 0 Å². The summed E-state index contributed by atoms with van der Waals surface area (Å²) in [5.74, 6) is 1.27. The zero-order chi connectivity index (χ0) is 17.1. The number of carbonyl (C=O) groups excluding carboxylic acids is 1. The lowest BCUT2D eigenvalue weighted by Gasteiger charge is -2.33. The van der Waals surface area contributed by atoms with Gasteiger partial charge in [-0.15, -0.1) is 0 Å². The fourth-order valence-corrected chi connectivity index (χ4v) is 3.60. The number of aromatic nitrogens is 4. The minimum Gasteiger partial charge on any atom is -0.341 e. The summed E-state index contributed by atoms with van der Waals surface area (Å²) in [6.07, 6.45) is 7.38. The Morgan fingerprint density at radius 1 is 1.33 bits per heavy atom. The van der Waals surface area contributed by atoms with E-state index < -0.39 is 0 Å². The van der Waals surface area contributed by atoms with Crippen molar-refractivity contribution in [3.05, 3.63) is 35.7 Å². The van der Waals surface area contributed by atoms with Crippen molar-refractivity contribution in [2.75, 3.05) is 13.1 Å². The molecule has 1 aliphatic heterocycles. The summed E-state index contributed by atoms with van der Waals surface area (Å²) in [6.45, 7) is 8.61. The van der Waals surface area contributed by atoms with Gasteiger partial charge in [-0.1, -0.05) is 0 Å². The Morgan fingerprint density at radius 2 is 2.17 bits per heavy atom. The summed E-state index contributed by atoms with van der Waals surface area (Å²) in [6, 6.07) is 2.42. The lowest BCUT2D eigenvalue weighted by Crippen LogP contribution is -2.41. The Bertz CT molecular complexity index is 702. The highest BCUT2D eigenvalue weighted by atomic mass is 16.2. The van der Waals surface area contributed by atoms with E-state index in [-0.39, 0.29) is 5.91 Å². The first-order chi connectivity index (χ1) is 11.5. The van der Waals surface area contributed by atoms with E-state index in [0.717, 1.165) is 50.4 Å². The molecule has 24 heavy (non-hydrogen) atoms. The Kier molecular flexibility index (Phi) is 5.02. The molecule has 0 aliphatic carbocycles. The van der Waals surface area contributed by atoms with Crippen molar-refractivity contribution in [1.82, 2.24) is 24.2 Å². The summed E-state index contributed by atoms with van der Waals surface area (Å²) in [4.78, 5) is 18.8. The van der Waals surface area contributed by atoms with E-state index in [1.165, 1.54) is 5.69 Å². The van der Waals surface area contributed by atoms with Crippen LogP contribution in [0, 0.1) is 20.8 Å². The van der Waals surface area contributed by atoms with E-state index in [2.05, 4.69) is 32.3 Å². The summed E-state index contributed by atoms with van der Waals surface area (Å²) in [7, 11) is 0. The molecule has 6 heteroatoms. The van der Waals surface area contributed by atoms with Crippen LogP contribution < -0.4 is 0 Å². The predicted octanol–water partition coefficient (Wildman–Crippen LogP) is 2.65. The Morgan fingerprint density at radius 3 is 2.83 bits per heavy atom. The Hall–Kier alpha value is -2.11. The van der Waals surface area contributed by atoms with Crippen molar-refractivity contribution in [1.29, 1.82) is 0 Å². The molecule has 0 spiro atoms. The number of amides is 1. The van der Waals surface area contributed by atoms with Gasteiger partial charge in [0.25, 0.3) is 0 Å². The number of hydrogen-bond acceptors (Lipinski definition) is 3. The minimum atomic E-state index is 0.263. The molecule has 1 saturated heterocycles. The molecule has 0 N–H and O–H groups in total. The van der Waals surface area contributed by atoms with Gasteiger partial charge in [0.15, 0.2) is 0 Å². The topological polar surface area (TPSA) is 56.0 Å². The molecular weight excluding hydrogens is 302 g/mol. The molecule has 3 rings (SSSR count). The van der Waals surface area contributed by atoms with Crippen LogP contribution in [0.25, 0.3) is 0 Å². The van der Waals surface area contributed by atoms with Crippen molar-refractivity contribution in [2.45, 2.75) is 59.0 Å². The van der Waals surface area contributed by atoms with Crippen molar-refractivity contribution in [3.63, 3.8) is 0 Å². The van der Waals surface area contributed by atoms with E-state index in [1.807, 2.05) is 24.9 Å². The zero-order valence-electron chi connectivity index (χ0n) is 14.9. The second-order valence-electron chi connectivity index (χ2n) is 6.78. The van der Waals surface area contributed by atoms with Gasteiger partial charge in [-0.25, -0.2) is 4.98 Å². The van der Waals surface area contributed by atoms with Crippen molar-refractivity contribution in [2.24, 2.45) is 0 Å². The number of imidazole rings is 1. The second-order valence-corrected chi connectivity index (χ2v) is 6.78. The number of hydrogen-bond donors (Lipinski definition) is 0. The fourth-order valence-electron chi connectivity index (χ4n) is 3.60. The van der Waals surface area contributed by atoms with Gasteiger partial charge in [0.1, 0.15) is 5.82 Å². The largest absolute Gasteiger partial charge is 0.341 e. The summed E-state index contributed by atoms with van der Waals surface area (Å²) in [5, 5.41) is 4.60. The van der Waals surface area contributed by atoms with Gasteiger partial charge in [0, 0.05) is 44.1 Å². The summed E-state index contributed by atoms with van der Waals surface area (Å²) in [5.41, 5.74) is 2.23. The molecule has 6 nitrogen and oxygen atoms in total. The molecule has 130 valence electrons. The average Bonchev–Trinajstić information content (AvgIpc) is 3.12. The second kappa shape index (κ2) is 7.20.